The fourth-order valence-electron chi connectivity index (χ4n) is 2.55. The summed E-state index contributed by atoms with van der Waals surface area (Å²) in [6.45, 7) is 4.12. The van der Waals surface area contributed by atoms with Gasteiger partial charge in [-0.2, -0.15) is 13.2 Å². The molecule has 5 nitrogen and oxygen atoms in total. The Hall–Kier alpha value is -1.15. The first-order valence-corrected chi connectivity index (χ1v) is 7.07. The van der Waals surface area contributed by atoms with Crippen molar-refractivity contribution >= 4 is 11.8 Å². The fourth-order valence-corrected chi connectivity index (χ4v) is 2.55. The third kappa shape index (κ3) is 6.43. The highest BCUT2D eigenvalue weighted by atomic mass is 19.4. The molecule has 2 aliphatic heterocycles. The number of rotatable bonds is 2. The first-order valence-electron chi connectivity index (χ1n) is 7.07. The molecule has 0 aromatic rings. The third-order valence-corrected chi connectivity index (χ3v) is 3.73. The van der Waals surface area contributed by atoms with Crippen molar-refractivity contribution < 1.29 is 27.9 Å². The fraction of sp³-hybridized carbons (Fsp3) is 0.846. The number of alkyl halides is 3. The summed E-state index contributed by atoms with van der Waals surface area (Å²) >= 11 is 0. The van der Waals surface area contributed by atoms with Crippen LogP contribution in [0.3, 0.4) is 0 Å². The smallest absolute Gasteiger partial charge is 0.475 e. The van der Waals surface area contributed by atoms with Gasteiger partial charge in [-0.15, -0.1) is 0 Å². The van der Waals surface area contributed by atoms with Crippen molar-refractivity contribution in [1.29, 1.82) is 0 Å². The predicted molar refractivity (Wildman–Crippen MR) is 69.9 cm³/mol. The van der Waals surface area contributed by atoms with Gasteiger partial charge in [-0.1, -0.05) is 0 Å². The Kier molecular flexibility index (Phi) is 7.10. The summed E-state index contributed by atoms with van der Waals surface area (Å²) in [7, 11) is 0. The number of hydrogen-bond donors (Lipinski definition) is 3. The molecule has 3 N–H and O–H groups in total. The van der Waals surface area contributed by atoms with Crippen LogP contribution in [0.15, 0.2) is 0 Å². The van der Waals surface area contributed by atoms with Crippen LogP contribution in [0.2, 0.25) is 0 Å². The molecule has 8 heteroatoms. The maximum Gasteiger partial charge on any atom is 0.490 e. The van der Waals surface area contributed by atoms with Gasteiger partial charge in [0.05, 0.1) is 0 Å². The lowest BCUT2D eigenvalue weighted by molar-refractivity contribution is -0.192. The quantitative estimate of drug-likeness (QED) is 0.714. The maximum atomic E-state index is 12.1. The summed E-state index contributed by atoms with van der Waals surface area (Å²) < 4.78 is 31.7. The van der Waals surface area contributed by atoms with E-state index in [1.165, 1.54) is 0 Å². The lowest BCUT2D eigenvalue weighted by Gasteiger charge is -2.28. The average Bonchev–Trinajstić information content (AvgIpc) is 2.48. The van der Waals surface area contributed by atoms with Crippen LogP contribution in [0.4, 0.5) is 13.2 Å². The van der Waals surface area contributed by atoms with Gasteiger partial charge in [-0.3, -0.25) is 4.79 Å². The van der Waals surface area contributed by atoms with Gasteiger partial charge in [-0.25, -0.2) is 4.79 Å². The van der Waals surface area contributed by atoms with E-state index in [1.807, 2.05) is 0 Å². The number of nitrogens with one attached hydrogen (secondary N) is 2. The molecule has 0 aliphatic carbocycles. The molecule has 0 amide bonds. The van der Waals surface area contributed by atoms with Crippen molar-refractivity contribution in [2.45, 2.75) is 31.9 Å². The van der Waals surface area contributed by atoms with Crippen molar-refractivity contribution in [1.82, 2.24) is 10.6 Å². The van der Waals surface area contributed by atoms with Crippen LogP contribution in [-0.2, 0) is 9.59 Å². The Morgan fingerprint density at radius 3 is 1.38 bits per heavy atom. The van der Waals surface area contributed by atoms with E-state index >= 15 is 0 Å². The van der Waals surface area contributed by atoms with E-state index in [4.69, 9.17) is 9.90 Å². The summed E-state index contributed by atoms with van der Waals surface area (Å²) in [5.41, 5.74) is 0. The van der Waals surface area contributed by atoms with E-state index in [0.29, 0.717) is 17.6 Å². The highest BCUT2D eigenvalue weighted by Crippen LogP contribution is 2.22. The number of carbonyl (C=O) groups excluding carboxylic acids is 1. The molecule has 0 aromatic heterocycles. The SMILES string of the molecule is O=C(C1CCNCC1)C1CCNCC1.O=C(O)C(F)(F)F. The maximum absolute atomic E-state index is 12.1. The zero-order chi connectivity index (χ0) is 15.9. The molecule has 0 unspecified atom stereocenters. The first kappa shape index (κ1) is 17.9. The molecule has 0 aromatic carbocycles. The Bertz CT molecular complexity index is 329. The van der Waals surface area contributed by atoms with Crippen molar-refractivity contribution in [2.75, 3.05) is 26.2 Å². The summed E-state index contributed by atoms with van der Waals surface area (Å²) in [5, 5.41) is 13.7. The number of carboxylic acid groups (broad SMARTS) is 1. The predicted octanol–water partition coefficient (Wildman–Crippen LogP) is 1.19. The normalized spacial score (nSPS) is 21.3. The molecule has 2 aliphatic rings. The van der Waals surface area contributed by atoms with Crippen molar-refractivity contribution in [3.8, 4) is 0 Å². The zero-order valence-corrected chi connectivity index (χ0v) is 11.7. The molecular formula is C13H21F3N2O3. The van der Waals surface area contributed by atoms with Gasteiger partial charge < -0.3 is 15.7 Å². The number of carboxylic acids is 1. The number of aliphatic carboxylic acids is 1. The van der Waals surface area contributed by atoms with Gasteiger partial charge in [0.25, 0.3) is 0 Å². The standard InChI is InChI=1S/C11H20N2O.C2HF3O2/c14-11(9-1-5-12-6-2-9)10-3-7-13-8-4-10;3-2(4,5)1(6)7/h9-10,12-13H,1-8H2;(H,6,7). The van der Waals surface area contributed by atoms with Gasteiger partial charge in [0.2, 0.25) is 0 Å². The number of carbonyl (C=O) groups is 2. The lowest BCUT2D eigenvalue weighted by Crippen LogP contribution is -2.38. The molecular weight excluding hydrogens is 289 g/mol. The van der Waals surface area contributed by atoms with Gasteiger partial charge in [0.15, 0.2) is 0 Å². The van der Waals surface area contributed by atoms with E-state index in [-0.39, 0.29) is 0 Å². The summed E-state index contributed by atoms with van der Waals surface area (Å²) in [5.74, 6) is -1.49. The average molecular weight is 310 g/mol. The van der Waals surface area contributed by atoms with Gasteiger partial charge in [0, 0.05) is 11.8 Å². The van der Waals surface area contributed by atoms with Crippen LogP contribution in [0.1, 0.15) is 25.7 Å². The molecule has 0 saturated carbocycles. The van der Waals surface area contributed by atoms with Crippen molar-refractivity contribution in [3.63, 3.8) is 0 Å². The van der Waals surface area contributed by atoms with Gasteiger partial charge in [0.1, 0.15) is 5.78 Å². The monoisotopic (exact) mass is 310 g/mol. The second kappa shape index (κ2) is 8.33. The Labute approximate surface area is 121 Å². The summed E-state index contributed by atoms with van der Waals surface area (Å²) in [6, 6.07) is 0. The van der Waals surface area contributed by atoms with E-state index in [2.05, 4.69) is 10.6 Å². The molecule has 2 fully saturated rings. The highest BCUT2D eigenvalue weighted by Gasteiger charge is 2.38. The molecule has 0 bridgehead atoms. The van der Waals surface area contributed by atoms with Crippen LogP contribution < -0.4 is 10.6 Å². The molecule has 2 rings (SSSR count). The molecule has 2 saturated heterocycles. The van der Waals surface area contributed by atoms with E-state index < -0.39 is 12.1 Å². The second-order valence-electron chi connectivity index (χ2n) is 5.25. The summed E-state index contributed by atoms with van der Waals surface area (Å²) in [6.07, 6.45) is -0.850. The number of piperidine rings is 2. The highest BCUT2D eigenvalue weighted by molar-refractivity contribution is 5.83. The first-order chi connectivity index (χ1) is 9.82. The molecule has 2 heterocycles. The summed E-state index contributed by atoms with van der Waals surface area (Å²) in [4.78, 5) is 21.0. The zero-order valence-electron chi connectivity index (χ0n) is 11.7. The largest absolute Gasteiger partial charge is 0.490 e. The minimum atomic E-state index is -5.08. The van der Waals surface area contributed by atoms with Crippen LogP contribution in [0, 0.1) is 11.8 Å². The molecule has 0 atom stereocenters. The minimum Gasteiger partial charge on any atom is -0.475 e. The van der Waals surface area contributed by atoms with E-state index in [9.17, 15) is 18.0 Å². The van der Waals surface area contributed by atoms with Gasteiger partial charge in [-0.05, 0) is 51.9 Å². The number of Topliss-reactive ketones (excluding diaryl/α,β-unsaturated/α-hetero) is 1. The van der Waals surface area contributed by atoms with E-state index in [0.717, 1.165) is 51.9 Å². The van der Waals surface area contributed by atoms with Crippen LogP contribution in [-0.4, -0.2) is 49.2 Å². The van der Waals surface area contributed by atoms with Crippen LogP contribution in [0.5, 0.6) is 0 Å². The minimum absolute atomic E-state index is 0.361. The van der Waals surface area contributed by atoms with Crippen LogP contribution in [0.25, 0.3) is 0 Å². The lowest BCUT2D eigenvalue weighted by atomic mass is 9.82. The Balaban J connectivity index is 0.000000270. The Morgan fingerprint density at radius 2 is 1.14 bits per heavy atom. The topological polar surface area (TPSA) is 78.4 Å². The molecule has 21 heavy (non-hydrogen) atoms. The second-order valence-corrected chi connectivity index (χ2v) is 5.25. The van der Waals surface area contributed by atoms with Crippen LogP contribution >= 0.6 is 0 Å². The molecule has 122 valence electrons. The van der Waals surface area contributed by atoms with Crippen molar-refractivity contribution in [3.05, 3.63) is 0 Å². The van der Waals surface area contributed by atoms with E-state index in [1.54, 1.807) is 0 Å². The molecule has 0 radical (unpaired) electrons. The Morgan fingerprint density at radius 1 is 0.857 bits per heavy atom. The molecule has 0 spiro atoms. The third-order valence-electron chi connectivity index (χ3n) is 3.73. The number of ketones is 1. The van der Waals surface area contributed by atoms with Crippen molar-refractivity contribution in [2.24, 2.45) is 11.8 Å². The number of halogens is 3. The van der Waals surface area contributed by atoms with Gasteiger partial charge >= 0.3 is 12.1 Å². The number of hydrogen-bond acceptors (Lipinski definition) is 4.